The lowest BCUT2D eigenvalue weighted by atomic mass is 9.99. The van der Waals surface area contributed by atoms with E-state index in [0.29, 0.717) is 22.0 Å². The summed E-state index contributed by atoms with van der Waals surface area (Å²) in [6.45, 7) is 0. The Morgan fingerprint density at radius 3 is 2.23 bits per heavy atom. The van der Waals surface area contributed by atoms with Crippen molar-refractivity contribution in [1.82, 2.24) is 5.32 Å². The second-order valence-corrected chi connectivity index (χ2v) is 10.3. The summed E-state index contributed by atoms with van der Waals surface area (Å²) in [5.41, 5.74) is 4.41. The van der Waals surface area contributed by atoms with Gasteiger partial charge in [-0.2, -0.15) is 0 Å². The summed E-state index contributed by atoms with van der Waals surface area (Å²) in [5.74, 6) is 1.08. The van der Waals surface area contributed by atoms with Gasteiger partial charge in [-0.15, -0.1) is 0 Å². The van der Waals surface area contributed by atoms with E-state index in [4.69, 9.17) is 21.1 Å². The number of nitrogens with one attached hydrogen (secondary N) is 2. The maximum atomic E-state index is 12.2. The molecule has 1 unspecified atom stereocenters. The van der Waals surface area contributed by atoms with Crippen LogP contribution in [0.25, 0.3) is 11.1 Å². The molecule has 0 aliphatic heterocycles. The number of carbonyl (C=O) groups is 1. The quantitative estimate of drug-likeness (QED) is 0.109. The molecular weight excluding hydrogens is 564 g/mol. The Morgan fingerprint density at radius 2 is 1.53 bits per heavy atom. The van der Waals surface area contributed by atoms with Gasteiger partial charge in [0.1, 0.15) is 29.5 Å². The number of carboxylic acid groups (broad SMARTS) is 1. The van der Waals surface area contributed by atoms with Crippen LogP contribution in [-0.2, 0) is 11.2 Å². The molecule has 0 heterocycles. The van der Waals surface area contributed by atoms with Gasteiger partial charge in [0.05, 0.1) is 7.11 Å². The SMILES string of the molecule is COc1ccc(Nc2ccc(Cl)cc2C(O)N[C@@H](Cc2ccc(-c3ccccc3Oc3ccccc3)cc2)C(=O)O)cc1. The summed E-state index contributed by atoms with van der Waals surface area (Å²) in [4.78, 5) is 12.2. The largest absolute Gasteiger partial charge is 0.497 e. The van der Waals surface area contributed by atoms with Gasteiger partial charge in [0.2, 0.25) is 0 Å². The van der Waals surface area contributed by atoms with E-state index in [-0.39, 0.29) is 6.42 Å². The number of anilines is 2. The minimum absolute atomic E-state index is 0.149. The molecule has 0 radical (unpaired) electrons. The lowest BCUT2D eigenvalue weighted by Crippen LogP contribution is -2.41. The lowest BCUT2D eigenvalue weighted by Gasteiger charge is -2.22. The van der Waals surface area contributed by atoms with Crippen molar-refractivity contribution in [1.29, 1.82) is 0 Å². The standard InChI is InChI=1S/C35H31ClN2O5/c1-42-27-18-16-26(17-19-27)37-31-20-15-25(36)22-30(31)34(39)38-32(35(40)41)21-23-11-13-24(14-12-23)29-9-5-6-10-33(29)43-28-7-3-2-4-8-28/h2-20,22,32,34,37-39H,21H2,1H3,(H,40,41)/t32-,34?/m0/s1. The molecule has 2 atom stereocenters. The molecule has 7 nitrogen and oxygen atoms in total. The summed E-state index contributed by atoms with van der Waals surface area (Å²) < 4.78 is 11.3. The van der Waals surface area contributed by atoms with Crippen molar-refractivity contribution in [3.8, 4) is 28.4 Å². The predicted octanol–water partition coefficient (Wildman–Crippen LogP) is 7.83. The van der Waals surface area contributed by atoms with Crippen LogP contribution in [0.2, 0.25) is 5.02 Å². The zero-order valence-corrected chi connectivity index (χ0v) is 24.2. The van der Waals surface area contributed by atoms with Gasteiger partial charge in [-0.25, -0.2) is 0 Å². The van der Waals surface area contributed by atoms with E-state index in [1.807, 2.05) is 103 Å². The van der Waals surface area contributed by atoms with Crippen molar-refractivity contribution >= 4 is 28.9 Å². The van der Waals surface area contributed by atoms with Crippen LogP contribution in [0.1, 0.15) is 17.4 Å². The highest BCUT2D eigenvalue weighted by Gasteiger charge is 2.24. The number of rotatable bonds is 12. The van der Waals surface area contributed by atoms with E-state index in [1.54, 1.807) is 25.3 Å². The van der Waals surface area contributed by atoms with Crippen molar-refractivity contribution in [2.24, 2.45) is 0 Å². The zero-order chi connectivity index (χ0) is 30.2. The summed E-state index contributed by atoms with van der Waals surface area (Å²) in [5, 5.41) is 27.6. The maximum absolute atomic E-state index is 12.2. The second-order valence-electron chi connectivity index (χ2n) is 9.86. The minimum atomic E-state index is -1.30. The van der Waals surface area contributed by atoms with E-state index in [0.717, 1.165) is 33.9 Å². The molecule has 5 aromatic rings. The van der Waals surface area contributed by atoms with Gasteiger partial charge < -0.3 is 25.0 Å². The Hall–Kier alpha value is -4.82. The monoisotopic (exact) mass is 594 g/mol. The number of para-hydroxylation sites is 2. The molecule has 4 N–H and O–H groups in total. The first-order chi connectivity index (χ1) is 20.9. The molecule has 0 spiro atoms. The topological polar surface area (TPSA) is 100 Å². The van der Waals surface area contributed by atoms with Crippen molar-refractivity contribution in [2.75, 3.05) is 12.4 Å². The van der Waals surface area contributed by atoms with Gasteiger partial charge in [0.15, 0.2) is 0 Å². The number of methoxy groups -OCH3 is 1. The molecule has 5 rings (SSSR count). The number of ether oxygens (including phenoxy) is 2. The Morgan fingerprint density at radius 1 is 0.837 bits per heavy atom. The van der Waals surface area contributed by atoms with Crippen LogP contribution < -0.4 is 20.1 Å². The van der Waals surface area contributed by atoms with Crippen LogP contribution in [-0.4, -0.2) is 29.3 Å². The molecule has 0 fully saturated rings. The molecule has 8 heteroatoms. The van der Waals surface area contributed by atoms with Crippen molar-refractivity contribution in [3.63, 3.8) is 0 Å². The number of hydrogen-bond donors (Lipinski definition) is 4. The Balaban J connectivity index is 1.30. The molecule has 0 amide bonds. The Kier molecular flexibility index (Phi) is 9.59. The number of benzene rings is 5. The number of carboxylic acids is 1. The lowest BCUT2D eigenvalue weighted by molar-refractivity contribution is -0.140. The van der Waals surface area contributed by atoms with E-state index in [9.17, 15) is 15.0 Å². The first-order valence-corrected chi connectivity index (χ1v) is 14.1. The van der Waals surface area contributed by atoms with Gasteiger partial charge in [-0.05, 0) is 78.2 Å². The van der Waals surface area contributed by atoms with E-state index < -0.39 is 18.2 Å². The minimum Gasteiger partial charge on any atom is -0.497 e. The Labute approximate surface area is 255 Å². The summed E-state index contributed by atoms with van der Waals surface area (Å²) >= 11 is 6.25. The molecule has 0 saturated heterocycles. The van der Waals surface area contributed by atoms with Crippen molar-refractivity contribution < 1.29 is 24.5 Å². The third kappa shape index (κ3) is 7.72. The van der Waals surface area contributed by atoms with Gasteiger partial charge in [-0.3, -0.25) is 10.1 Å². The zero-order valence-electron chi connectivity index (χ0n) is 23.4. The van der Waals surface area contributed by atoms with Gasteiger partial charge in [-0.1, -0.05) is 72.3 Å². The fraction of sp³-hybridized carbons (Fsp3) is 0.114. The molecule has 218 valence electrons. The summed E-state index contributed by atoms with van der Waals surface area (Å²) in [7, 11) is 1.59. The van der Waals surface area contributed by atoms with Crippen LogP contribution >= 0.6 is 11.6 Å². The van der Waals surface area contributed by atoms with Crippen LogP contribution in [0, 0.1) is 0 Å². The van der Waals surface area contributed by atoms with Gasteiger partial charge in [0.25, 0.3) is 0 Å². The third-order valence-corrected chi connectivity index (χ3v) is 7.13. The highest BCUT2D eigenvalue weighted by Crippen LogP contribution is 2.34. The molecule has 43 heavy (non-hydrogen) atoms. The molecule has 5 aromatic carbocycles. The van der Waals surface area contributed by atoms with Crippen LogP contribution in [0.3, 0.4) is 0 Å². The van der Waals surface area contributed by atoms with Crippen LogP contribution in [0.15, 0.2) is 121 Å². The second kappa shape index (κ2) is 13.9. The van der Waals surface area contributed by atoms with Gasteiger partial charge in [0, 0.05) is 27.5 Å². The molecule has 0 saturated carbocycles. The van der Waals surface area contributed by atoms with Crippen LogP contribution in [0.4, 0.5) is 11.4 Å². The molecule has 0 bridgehead atoms. The summed E-state index contributed by atoms with van der Waals surface area (Å²) in [6.07, 6.45) is -1.15. The smallest absolute Gasteiger partial charge is 0.321 e. The first-order valence-electron chi connectivity index (χ1n) is 13.7. The van der Waals surface area contributed by atoms with E-state index >= 15 is 0 Å². The summed E-state index contributed by atoms with van der Waals surface area (Å²) in [6, 6.07) is 36.2. The highest BCUT2D eigenvalue weighted by atomic mass is 35.5. The number of aliphatic hydroxyl groups excluding tert-OH is 1. The average Bonchev–Trinajstić information content (AvgIpc) is 3.03. The predicted molar refractivity (Wildman–Crippen MR) is 169 cm³/mol. The number of aliphatic hydroxyl groups is 1. The molecule has 0 aliphatic rings. The van der Waals surface area contributed by atoms with Gasteiger partial charge >= 0.3 is 5.97 Å². The van der Waals surface area contributed by atoms with Crippen molar-refractivity contribution in [2.45, 2.75) is 18.7 Å². The number of aliphatic carboxylic acids is 1. The molecular formula is C35H31ClN2O5. The normalized spacial score (nSPS) is 12.3. The van der Waals surface area contributed by atoms with Crippen LogP contribution in [0.5, 0.6) is 17.2 Å². The van der Waals surface area contributed by atoms with E-state index in [1.165, 1.54) is 0 Å². The first kappa shape index (κ1) is 29.7. The maximum Gasteiger partial charge on any atom is 0.321 e. The number of halogens is 1. The average molecular weight is 595 g/mol. The fourth-order valence-corrected chi connectivity index (χ4v) is 4.85. The third-order valence-electron chi connectivity index (χ3n) is 6.90. The molecule has 0 aliphatic carbocycles. The fourth-order valence-electron chi connectivity index (χ4n) is 4.67. The van der Waals surface area contributed by atoms with E-state index in [2.05, 4.69) is 10.6 Å². The number of hydrogen-bond acceptors (Lipinski definition) is 6. The highest BCUT2D eigenvalue weighted by molar-refractivity contribution is 6.30. The van der Waals surface area contributed by atoms with Crippen molar-refractivity contribution in [3.05, 3.63) is 137 Å². The Bertz CT molecular complexity index is 1660. The molecule has 0 aromatic heterocycles.